The normalized spacial score (nSPS) is 18.9. The smallest absolute Gasteiger partial charge is 0.131 e. The first-order valence-corrected chi connectivity index (χ1v) is 7.23. The molecule has 2 atom stereocenters. The molecule has 0 fully saturated rings. The second kappa shape index (κ2) is 5.82. The Balaban J connectivity index is 1.94. The zero-order valence-corrected chi connectivity index (χ0v) is 12.1. The Morgan fingerprint density at radius 3 is 3.00 bits per heavy atom. The largest absolute Gasteiger partial charge is 0.497 e. The van der Waals surface area contributed by atoms with Crippen molar-refractivity contribution in [3.8, 4) is 5.75 Å². The van der Waals surface area contributed by atoms with Crippen molar-refractivity contribution in [1.82, 2.24) is 4.98 Å². The number of benzene rings is 1. The number of nitrogens with two attached hydrogens (primary N) is 1. The number of halogens is 1. The molecule has 21 heavy (non-hydrogen) atoms. The fourth-order valence-electron chi connectivity index (χ4n) is 3.12. The van der Waals surface area contributed by atoms with Crippen LogP contribution in [-0.4, -0.2) is 12.1 Å². The topological polar surface area (TPSA) is 48.1 Å². The van der Waals surface area contributed by atoms with Crippen LogP contribution in [0.3, 0.4) is 0 Å². The SMILES string of the molecule is COc1ccc(C(N)C2CCCc3cccnc32)c(F)c1. The van der Waals surface area contributed by atoms with Gasteiger partial charge >= 0.3 is 0 Å². The second-order valence-corrected chi connectivity index (χ2v) is 5.46. The minimum Gasteiger partial charge on any atom is -0.497 e. The number of nitrogens with zero attached hydrogens (tertiary/aromatic N) is 1. The lowest BCUT2D eigenvalue weighted by molar-refractivity contribution is 0.407. The Kier molecular flexibility index (Phi) is 3.88. The molecule has 3 nitrogen and oxygen atoms in total. The van der Waals surface area contributed by atoms with Gasteiger partial charge < -0.3 is 10.5 Å². The molecule has 110 valence electrons. The number of rotatable bonds is 3. The van der Waals surface area contributed by atoms with Crippen LogP contribution in [-0.2, 0) is 6.42 Å². The quantitative estimate of drug-likeness (QED) is 0.941. The van der Waals surface area contributed by atoms with Gasteiger partial charge in [0.25, 0.3) is 0 Å². The van der Waals surface area contributed by atoms with Gasteiger partial charge in [-0.25, -0.2) is 4.39 Å². The highest BCUT2D eigenvalue weighted by molar-refractivity contribution is 5.35. The molecular formula is C17H19FN2O. The molecule has 0 spiro atoms. The summed E-state index contributed by atoms with van der Waals surface area (Å²) in [5.74, 6) is 0.258. The van der Waals surface area contributed by atoms with Crippen molar-refractivity contribution in [3.63, 3.8) is 0 Å². The molecule has 0 saturated carbocycles. The third-order valence-corrected chi connectivity index (χ3v) is 4.24. The lowest BCUT2D eigenvalue weighted by atomic mass is 9.80. The Bertz CT molecular complexity index is 644. The summed E-state index contributed by atoms with van der Waals surface area (Å²) in [6.45, 7) is 0. The minimum atomic E-state index is -0.384. The van der Waals surface area contributed by atoms with Gasteiger partial charge in [-0.05, 0) is 37.0 Å². The van der Waals surface area contributed by atoms with Crippen molar-refractivity contribution in [2.45, 2.75) is 31.2 Å². The molecule has 1 aliphatic carbocycles. The molecule has 0 bridgehead atoms. The summed E-state index contributed by atoms with van der Waals surface area (Å²) >= 11 is 0. The van der Waals surface area contributed by atoms with E-state index in [1.807, 2.05) is 6.07 Å². The van der Waals surface area contributed by atoms with E-state index in [4.69, 9.17) is 10.5 Å². The number of fused-ring (bicyclic) bond motifs is 1. The summed E-state index contributed by atoms with van der Waals surface area (Å²) in [5, 5.41) is 0. The maximum atomic E-state index is 14.2. The van der Waals surface area contributed by atoms with Gasteiger partial charge in [0, 0.05) is 35.5 Å². The van der Waals surface area contributed by atoms with Crippen LogP contribution in [0, 0.1) is 5.82 Å². The van der Waals surface area contributed by atoms with Crippen LogP contribution in [0.2, 0.25) is 0 Å². The molecule has 1 aromatic heterocycles. The number of ether oxygens (including phenoxy) is 1. The van der Waals surface area contributed by atoms with Gasteiger partial charge in [0.2, 0.25) is 0 Å². The molecule has 0 saturated heterocycles. The summed E-state index contributed by atoms with van der Waals surface area (Å²) in [5.41, 5.74) is 9.14. The van der Waals surface area contributed by atoms with E-state index in [2.05, 4.69) is 11.1 Å². The highest BCUT2D eigenvalue weighted by atomic mass is 19.1. The predicted molar refractivity (Wildman–Crippen MR) is 79.8 cm³/mol. The molecule has 1 aromatic carbocycles. The Morgan fingerprint density at radius 1 is 1.38 bits per heavy atom. The van der Waals surface area contributed by atoms with Gasteiger partial charge in [0.15, 0.2) is 0 Å². The van der Waals surface area contributed by atoms with Gasteiger partial charge in [-0.15, -0.1) is 0 Å². The van der Waals surface area contributed by atoms with Crippen molar-refractivity contribution < 1.29 is 9.13 Å². The summed E-state index contributed by atoms with van der Waals surface area (Å²) in [6, 6.07) is 8.50. The lowest BCUT2D eigenvalue weighted by Crippen LogP contribution is -2.25. The zero-order chi connectivity index (χ0) is 14.8. The maximum absolute atomic E-state index is 14.2. The molecule has 4 heteroatoms. The van der Waals surface area contributed by atoms with Crippen LogP contribution in [0.5, 0.6) is 5.75 Å². The summed E-state index contributed by atoms with van der Waals surface area (Å²) in [4.78, 5) is 4.48. The maximum Gasteiger partial charge on any atom is 0.131 e. The van der Waals surface area contributed by atoms with E-state index >= 15 is 0 Å². The fourth-order valence-corrected chi connectivity index (χ4v) is 3.12. The third-order valence-electron chi connectivity index (χ3n) is 4.24. The number of aryl methyl sites for hydroxylation is 1. The van der Waals surface area contributed by atoms with E-state index in [0.717, 1.165) is 25.0 Å². The average molecular weight is 286 g/mol. The molecular weight excluding hydrogens is 267 g/mol. The molecule has 0 aliphatic heterocycles. The molecule has 0 amide bonds. The monoisotopic (exact) mass is 286 g/mol. The number of hydrogen-bond donors (Lipinski definition) is 1. The van der Waals surface area contributed by atoms with Gasteiger partial charge in [0.1, 0.15) is 11.6 Å². The molecule has 1 aliphatic rings. The first-order valence-electron chi connectivity index (χ1n) is 7.23. The van der Waals surface area contributed by atoms with Crippen molar-refractivity contribution in [1.29, 1.82) is 0 Å². The molecule has 2 N–H and O–H groups in total. The van der Waals surface area contributed by atoms with E-state index in [0.29, 0.717) is 11.3 Å². The van der Waals surface area contributed by atoms with Crippen LogP contribution in [0.15, 0.2) is 36.5 Å². The Hall–Kier alpha value is -1.94. The summed E-state index contributed by atoms with van der Waals surface area (Å²) in [6.07, 6.45) is 4.82. The van der Waals surface area contributed by atoms with Crippen LogP contribution >= 0.6 is 0 Å². The van der Waals surface area contributed by atoms with Crippen LogP contribution < -0.4 is 10.5 Å². The van der Waals surface area contributed by atoms with Crippen LogP contribution in [0.1, 0.15) is 41.6 Å². The standard InChI is InChI=1S/C17H19FN2O/c1-21-12-7-8-13(15(18)10-12)16(19)14-6-2-4-11-5-3-9-20-17(11)14/h3,5,7-10,14,16H,2,4,6,19H2,1H3. The highest BCUT2D eigenvalue weighted by Gasteiger charge is 2.29. The van der Waals surface area contributed by atoms with E-state index in [1.165, 1.54) is 18.7 Å². The van der Waals surface area contributed by atoms with Crippen molar-refractivity contribution in [2.24, 2.45) is 5.73 Å². The van der Waals surface area contributed by atoms with Crippen molar-refractivity contribution in [3.05, 3.63) is 59.2 Å². The Morgan fingerprint density at radius 2 is 2.24 bits per heavy atom. The third kappa shape index (κ3) is 2.63. The zero-order valence-electron chi connectivity index (χ0n) is 12.1. The molecule has 3 rings (SSSR count). The first kappa shape index (κ1) is 14.0. The second-order valence-electron chi connectivity index (χ2n) is 5.46. The number of methoxy groups -OCH3 is 1. The number of aromatic nitrogens is 1. The lowest BCUT2D eigenvalue weighted by Gasteiger charge is -2.29. The molecule has 2 unspecified atom stereocenters. The van der Waals surface area contributed by atoms with Crippen LogP contribution in [0.4, 0.5) is 4.39 Å². The molecule has 0 radical (unpaired) electrons. The van der Waals surface area contributed by atoms with Gasteiger partial charge in [-0.2, -0.15) is 0 Å². The van der Waals surface area contributed by atoms with E-state index in [-0.39, 0.29) is 17.8 Å². The van der Waals surface area contributed by atoms with E-state index in [9.17, 15) is 4.39 Å². The van der Waals surface area contributed by atoms with Gasteiger partial charge in [-0.3, -0.25) is 4.98 Å². The average Bonchev–Trinajstić information content (AvgIpc) is 2.53. The molecule has 1 heterocycles. The van der Waals surface area contributed by atoms with E-state index < -0.39 is 0 Å². The Labute approximate surface area is 124 Å². The van der Waals surface area contributed by atoms with Crippen molar-refractivity contribution in [2.75, 3.05) is 7.11 Å². The van der Waals surface area contributed by atoms with E-state index in [1.54, 1.807) is 18.3 Å². The summed E-state index contributed by atoms with van der Waals surface area (Å²) in [7, 11) is 1.52. The number of pyridine rings is 1. The summed E-state index contributed by atoms with van der Waals surface area (Å²) < 4.78 is 19.3. The van der Waals surface area contributed by atoms with Gasteiger partial charge in [-0.1, -0.05) is 12.1 Å². The molecule has 2 aromatic rings. The fraction of sp³-hybridized carbons (Fsp3) is 0.353. The minimum absolute atomic E-state index is 0.0674. The first-order chi connectivity index (χ1) is 10.2. The predicted octanol–water partition coefficient (Wildman–Crippen LogP) is 3.35. The van der Waals surface area contributed by atoms with Crippen LogP contribution in [0.25, 0.3) is 0 Å². The van der Waals surface area contributed by atoms with Crippen molar-refractivity contribution >= 4 is 0 Å². The number of hydrogen-bond acceptors (Lipinski definition) is 3. The van der Waals surface area contributed by atoms with Gasteiger partial charge in [0.05, 0.1) is 7.11 Å². The highest BCUT2D eigenvalue weighted by Crippen LogP contribution is 2.38.